The highest BCUT2D eigenvalue weighted by molar-refractivity contribution is 5.94. The van der Waals surface area contributed by atoms with Crippen LogP contribution in [0.1, 0.15) is 23.2 Å². The third-order valence-electron chi connectivity index (χ3n) is 6.35. The van der Waals surface area contributed by atoms with Crippen molar-refractivity contribution in [2.45, 2.75) is 24.7 Å². The zero-order valence-electron chi connectivity index (χ0n) is 17.2. The van der Waals surface area contributed by atoms with Crippen LogP contribution in [0, 0.1) is 0 Å². The number of aliphatic hydroxyl groups is 2. The van der Waals surface area contributed by atoms with Crippen LogP contribution in [-0.2, 0) is 0 Å². The van der Waals surface area contributed by atoms with Crippen LogP contribution in [0.2, 0.25) is 0 Å². The first-order chi connectivity index (χ1) is 15.0. The Hall–Kier alpha value is -3.00. The first-order valence-electron chi connectivity index (χ1n) is 10.7. The number of hydrogen-bond donors (Lipinski definition) is 3. The molecule has 3 aromatic rings. The zero-order valence-corrected chi connectivity index (χ0v) is 17.2. The van der Waals surface area contributed by atoms with Gasteiger partial charge >= 0.3 is 0 Å². The smallest absolute Gasteiger partial charge is 0.253 e. The van der Waals surface area contributed by atoms with Gasteiger partial charge in [-0.2, -0.15) is 5.10 Å². The van der Waals surface area contributed by atoms with Crippen LogP contribution in [-0.4, -0.2) is 74.1 Å². The number of aromatic amines is 1. The Labute approximate surface area is 180 Å². The molecule has 160 valence electrons. The van der Waals surface area contributed by atoms with E-state index in [9.17, 15) is 15.0 Å². The lowest BCUT2D eigenvalue weighted by molar-refractivity contribution is -0.108. The first kappa shape index (κ1) is 19.9. The molecule has 2 aromatic carbocycles. The molecule has 0 radical (unpaired) electrons. The molecule has 2 aliphatic rings. The molecule has 1 amide bonds. The second-order valence-corrected chi connectivity index (χ2v) is 8.43. The largest absolute Gasteiger partial charge is 0.386 e. The SMILES string of the molecule is O=C(c1ccc(-c2ccc(-c3ccn[nH]3)cc2)cc1)N1CCN(C(O)C2(O)CC2)CC1. The minimum Gasteiger partial charge on any atom is -0.386 e. The van der Waals surface area contributed by atoms with E-state index in [0.717, 1.165) is 22.4 Å². The van der Waals surface area contributed by atoms with Crippen LogP contribution in [0.15, 0.2) is 60.8 Å². The van der Waals surface area contributed by atoms with Gasteiger partial charge in [0.05, 0.1) is 5.69 Å². The summed E-state index contributed by atoms with van der Waals surface area (Å²) in [5, 5.41) is 27.3. The van der Waals surface area contributed by atoms with Gasteiger partial charge in [-0.15, -0.1) is 0 Å². The lowest BCUT2D eigenvalue weighted by Crippen LogP contribution is -2.55. The molecule has 1 atom stereocenters. The number of rotatable bonds is 5. The van der Waals surface area contributed by atoms with Gasteiger partial charge in [0, 0.05) is 37.9 Å². The van der Waals surface area contributed by atoms with E-state index in [2.05, 4.69) is 22.3 Å². The molecule has 1 saturated carbocycles. The van der Waals surface area contributed by atoms with E-state index >= 15 is 0 Å². The Kier molecular flexibility index (Phi) is 5.09. The average molecular weight is 418 g/mol. The van der Waals surface area contributed by atoms with Crippen molar-refractivity contribution in [3.05, 3.63) is 66.4 Å². The predicted octanol–water partition coefficient (Wildman–Crippen LogP) is 2.34. The second kappa shape index (κ2) is 7.92. The quantitative estimate of drug-likeness (QED) is 0.592. The normalized spacial score (nSPS) is 19.2. The zero-order chi connectivity index (χ0) is 21.4. The monoisotopic (exact) mass is 418 g/mol. The molecule has 1 unspecified atom stereocenters. The molecule has 7 heteroatoms. The molecular weight excluding hydrogens is 392 g/mol. The molecule has 5 rings (SSSR count). The van der Waals surface area contributed by atoms with E-state index in [-0.39, 0.29) is 5.91 Å². The fourth-order valence-corrected chi connectivity index (χ4v) is 4.14. The molecule has 31 heavy (non-hydrogen) atoms. The third-order valence-corrected chi connectivity index (χ3v) is 6.35. The van der Waals surface area contributed by atoms with Gasteiger partial charge in [0.25, 0.3) is 5.91 Å². The Balaban J connectivity index is 1.21. The number of amides is 1. The van der Waals surface area contributed by atoms with E-state index in [0.29, 0.717) is 44.6 Å². The van der Waals surface area contributed by atoms with Crippen molar-refractivity contribution in [3.63, 3.8) is 0 Å². The van der Waals surface area contributed by atoms with Crippen molar-refractivity contribution in [2.24, 2.45) is 0 Å². The summed E-state index contributed by atoms with van der Waals surface area (Å²) in [7, 11) is 0. The van der Waals surface area contributed by atoms with Crippen molar-refractivity contribution >= 4 is 5.91 Å². The van der Waals surface area contributed by atoms with E-state index < -0.39 is 11.8 Å². The Morgan fingerprint density at radius 2 is 1.48 bits per heavy atom. The molecule has 1 saturated heterocycles. The summed E-state index contributed by atoms with van der Waals surface area (Å²) in [6.07, 6.45) is 2.19. The minimum atomic E-state index is -0.946. The summed E-state index contributed by atoms with van der Waals surface area (Å²) in [6.45, 7) is 2.22. The number of aliphatic hydroxyl groups excluding tert-OH is 1. The minimum absolute atomic E-state index is 0.000386. The average Bonchev–Trinajstić information content (AvgIpc) is 3.34. The van der Waals surface area contributed by atoms with Crippen LogP contribution < -0.4 is 0 Å². The number of aromatic nitrogens is 2. The van der Waals surface area contributed by atoms with Crippen LogP contribution in [0.4, 0.5) is 0 Å². The van der Waals surface area contributed by atoms with Gasteiger partial charge in [-0.05, 0) is 47.7 Å². The summed E-state index contributed by atoms with van der Waals surface area (Å²) < 4.78 is 0. The maximum Gasteiger partial charge on any atom is 0.253 e. The van der Waals surface area contributed by atoms with Crippen molar-refractivity contribution in [1.82, 2.24) is 20.0 Å². The van der Waals surface area contributed by atoms with Gasteiger partial charge < -0.3 is 15.1 Å². The maximum absolute atomic E-state index is 12.9. The molecule has 1 aromatic heterocycles. The lowest BCUT2D eigenvalue weighted by Gasteiger charge is -2.38. The number of nitrogens with zero attached hydrogens (tertiary/aromatic N) is 3. The van der Waals surface area contributed by atoms with Gasteiger partial charge in [0.15, 0.2) is 0 Å². The van der Waals surface area contributed by atoms with Crippen LogP contribution in [0.25, 0.3) is 22.4 Å². The molecule has 7 nitrogen and oxygen atoms in total. The van der Waals surface area contributed by atoms with Gasteiger partial charge in [-0.3, -0.25) is 14.8 Å². The number of H-pyrrole nitrogens is 1. The Morgan fingerprint density at radius 3 is 2.03 bits per heavy atom. The molecule has 2 heterocycles. The first-order valence-corrected chi connectivity index (χ1v) is 10.7. The molecule has 3 N–H and O–H groups in total. The van der Waals surface area contributed by atoms with Crippen molar-refractivity contribution < 1.29 is 15.0 Å². The maximum atomic E-state index is 12.9. The summed E-state index contributed by atoms with van der Waals surface area (Å²) in [5.41, 5.74) is 3.91. The Morgan fingerprint density at radius 1 is 0.903 bits per heavy atom. The Bertz CT molecular complexity index is 1040. The van der Waals surface area contributed by atoms with Gasteiger partial charge in [0.2, 0.25) is 0 Å². The second-order valence-electron chi connectivity index (χ2n) is 8.43. The molecule has 1 aliphatic heterocycles. The van der Waals surface area contributed by atoms with Crippen LogP contribution in [0.5, 0.6) is 0 Å². The number of carbonyl (C=O) groups is 1. The highest BCUT2D eigenvalue weighted by Gasteiger charge is 2.50. The van der Waals surface area contributed by atoms with E-state index in [1.807, 2.05) is 52.3 Å². The van der Waals surface area contributed by atoms with Crippen LogP contribution in [0.3, 0.4) is 0 Å². The summed E-state index contributed by atoms with van der Waals surface area (Å²) in [4.78, 5) is 16.6. The highest BCUT2D eigenvalue weighted by Crippen LogP contribution is 2.39. The van der Waals surface area contributed by atoms with Gasteiger partial charge in [0.1, 0.15) is 11.8 Å². The fourth-order valence-electron chi connectivity index (χ4n) is 4.14. The molecule has 0 bridgehead atoms. The number of piperazine rings is 1. The fraction of sp³-hybridized carbons (Fsp3) is 0.333. The third kappa shape index (κ3) is 3.99. The molecule has 0 spiro atoms. The number of hydrogen-bond acceptors (Lipinski definition) is 5. The predicted molar refractivity (Wildman–Crippen MR) is 117 cm³/mol. The van der Waals surface area contributed by atoms with Gasteiger partial charge in [-0.25, -0.2) is 0 Å². The van der Waals surface area contributed by atoms with E-state index in [1.54, 1.807) is 6.20 Å². The summed E-state index contributed by atoms with van der Waals surface area (Å²) in [5.74, 6) is 0.000386. The number of benzene rings is 2. The van der Waals surface area contributed by atoms with E-state index in [1.165, 1.54) is 0 Å². The molecule has 2 fully saturated rings. The van der Waals surface area contributed by atoms with Crippen molar-refractivity contribution in [3.8, 4) is 22.4 Å². The highest BCUT2D eigenvalue weighted by atomic mass is 16.4. The van der Waals surface area contributed by atoms with Crippen molar-refractivity contribution in [1.29, 1.82) is 0 Å². The van der Waals surface area contributed by atoms with Crippen LogP contribution >= 0.6 is 0 Å². The topological polar surface area (TPSA) is 92.7 Å². The standard InChI is InChI=1S/C24H26N4O3/c29-22(27-13-15-28(16-14-27)23(30)24(31)10-11-24)20-7-3-18(4-8-20)17-1-5-19(6-2-17)21-9-12-25-26-21/h1-9,12,23,30-31H,10-11,13-16H2,(H,25,26). The lowest BCUT2D eigenvalue weighted by atomic mass is 10.0. The van der Waals surface area contributed by atoms with E-state index in [4.69, 9.17) is 0 Å². The molecular formula is C24H26N4O3. The number of carbonyl (C=O) groups excluding carboxylic acids is 1. The number of nitrogens with one attached hydrogen (secondary N) is 1. The van der Waals surface area contributed by atoms with Gasteiger partial charge in [-0.1, -0.05) is 36.4 Å². The molecule has 1 aliphatic carbocycles. The summed E-state index contributed by atoms with van der Waals surface area (Å²) in [6, 6.07) is 17.8. The summed E-state index contributed by atoms with van der Waals surface area (Å²) >= 11 is 0. The van der Waals surface area contributed by atoms with Crippen molar-refractivity contribution in [2.75, 3.05) is 26.2 Å².